The van der Waals surface area contributed by atoms with Crippen LogP contribution in [0.1, 0.15) is 6.92 Å². The van der Waals surface area contributed by atoms with Crippen molar-refractivity contribution in [3.63, 3.8) is 0 Å². The number of hydrogen-bond acceptors (Lipinski definition) is 6. The van der Waals surface area contributed by atoms with Crippen LogP contribution in [0.15, 0.2) is 55.0 Å². The molecular formula is C27H22ClF3N6O. The highest BCUT2D eigenvalue weighted by atomic mass is 35.5. The SMILES string of the molecule is CC#N.O=C(/C=C/CF)N1CCN(c2ncnc3c(F)c(-c4cccc5ccc(F)c(Cl)c45)ncc23)CC1. The third-order valence-electron chi connectivity index (χ3n) is 6.03. The Hall–Kier alpha value is -4.23. The summed E-state index contributed by atoms with van der Waals surface area (Å²) in [5, 5.41) is 8.67. The predicted molar refractivity (Wildman–Crippen MR) is 140 cm³/mol. The standard InChI is InChI=1S/C25H19ClF3N5O.C2H3N/c26-21-18(28)7-6-15-3-1-4-16(20(15)21)23-22(29)24-17(13-30-23)25(32-14-31-24)34-11-9-33(10-12-34)19(35)5-2-8-27;1-2-3/h1-7,13-14H,8-12H2;1H3/b5-2+;. The molecule has 5 rings (SSSR count). The van der Waals surface area contributed by atoms with Crippen molar-refractivity contribution in [3.8, 4) is 17.3 Å². The van der Waals surface area contributed by atoms with Gasteiger partial charge in [-0.15, -0.1) is 0 Å². The Morgan fingerprint density at radius 2 is 1.87 bits per heavy atom. The Kier molecular flexibility index (Phi) is 8.38. The third kappa shape index (κ3) is 5.24. The largest absolute Gasteiger partial charge is 0.352 e. The second-order valence-corrected chi connectivity index (χ2v) is 8.62. The van der Waals surface area contributed by atoms with Crippen LogP contribution < -0.4 is 4.90 Å². The van der Waals surface area contributed by atoms with Crippen molar-refractivity contribution >= 4 is 45.0 Å². The van der Waals surface area contributed by atoms with Gasteiger partial charge in [-0.3, -0.25) is 9.78 Å². The number of carbonyl (C=O) groups is 1. The zero-order chi connectivity index (χ0) is 27.2. The molecule has 11 heteroatoms. The highest BCUT2D eigenvalue weighted by Gasteiger charge is 2.24. The average molecular weight is 539 g/mol. The molecule has 0 spiro atoms. The maximum Gasteiger partial charge on any atom is 0.246 e. The van der Waals surface area contributed by atoms with E-state index in [1.165, 1.54) is 37.7 Å². The fourth-order valence-corrected chi connectivity index (χ4v) is 4.59. The van der Waals surface area contributed by atoms with Crippen LogP contribution in [0.25, 0.3) is 32.9 Å². The first-order chi connectivity index (χ1) is 18.4. The lowest BCUT2D eigenvalue weighted by atomic mass is 10.0. The van der Waals surface area contributed by atoms with Gasteiger partial charge in [0.1, 0.15) is 35.8 Å². The number of aromatic nitrogens is 3. The summed E-state index contributed by atoms with van der Waals surface area (Å²) >= 11 is 6.23. The molecule has 4 aromatic rings. The van der Waals surface area contributed by atoms with Crippen LogP contribution >= 0.6 is 11.6 Å². The minimum atomic E-state index is -0.695. The first-order valence-electron chi connectivity index (χ1n) is 11.6. The fraction of sp³-hybridized carbons (Fsp3) is 0.222. The highest BCUT2D eigenvalue weighted by Crippen LogP contribution is 2.37. The molecule has 0 atom stereocenters. The first kappa shape index (κ1) is 26.8. The topological polar surface area (TPSA) is 86.0 Å². The zero-order valence-corrected chi connectivity index (χ0v) is 21.1. The number of allylic oxidation sites excluding steroid dienone is 1. The van der Waals surface area contributed by atoms with Crippen molar-refractivity contribution in [3.05, 3.63) is 71.7 Å². The number of piperazine rings is 1. The summed E-state index contributed by atoms with van der Waals surface area (Å²) in [4.78, 5) is 28.5. The van der Waals surface area contributed by atoms with Gasteiger partial charge in [0.15, 0.2) is 5.82 Å². The summed E-state index contributed by atoms with van der Waals surface area (Å²) in [6, 6.07) is 9.73. The summed E-state index contributed by atoms with van der Waals surface area (Å²) in [5.41, 5.74) is 0.448. The first-order valence-corrected chi connectivity index (χ1v) is 12.0. The van der Waals surface area contributed by atoms with Crippen molar-refractivity contribution in [1.82, 2.24) is 19.9 Å². The fourth-order valence-electron chi connectivity index (χ4n) is 4.31. The molecule has 2 aromatic heterocycles. The Bertz CT molecular complexity index is 1560. The summed E-state index contributed by atoms with van der Waals surface area (Å²) in [5.74, 6) is -1.02. The van der Waals surface area contributed by atoms with E-state index in [1.54, 1.807) is 35.2 Å². The van der Waals surface area contributed by atoms with Crippen LogP contribution in [0, 0.1) is 23.0 Å². The van der Waals surface area contributed by atoms with E-state index in [0.717, 1.165) is 0 Å². The molecule has 0 bridgehead atoms. The van der Waals surface area contributed by atoms with Crippen molar-refractivity contribution in [1.29, 1.82) is 5.26 Å². The second-order valence-electron chi connectivity index (χ2n) is 8.24. The van der Waals surface area contributed by atoms with Crippen LogP contribution in [0.2, 0.25) is 5.02 Å². The summed E-state index contributed by atoms with van der Waals surface area (Å²) < 4.78 is 42.2. The van der Waals surface area contributed by atoms with Crippen molar-refractivity contribution < 1.29 is 18.0 Å². The number of nitrogens with zero attached hydrogens (tertiary/aromatic N) is 6. The van der Waals surface area contributed by atoms with Crippen molar-refractivity contribution in [2.75, 3.05) is 37.8 Å². The lowest BCUT2D eigenvalue weighted by Crippen LogP contribution is -2.48. The van der Waals surface area contributed by atoms with Gasteiger partial charge in [0.25, 0.3) is 0 Å². The van der Waals surface area contributed by atoms with Crippen molar-refractivity contribution in [2.24, 2.45) is 0 Å². The van der Waals surface area contributed by atoms with Gasteiger partial charge in [-0.1, -0.05) is 35.9 Å². The normalized spacial score (nSPS) is 13.5. The quantitative estimate of drug-likeness (QED) is 0.320. The maximum absolute atomic E-state index is 15.7. The molecule has 0 aliphatic carbocycles. The number of rotatable bonds is 4. The molecule has 1 aliphatic rings. The average Bonchev–Trinajstić information content (AvgIpc) is 2.94. The molecule has 1 saturated heterocycles. The van der Waals surface area contributed by atoms with Gasteiger partial charge in [-0.25, -0.2) is 23.1 Å². The Labute approximate surface area is 221 Å². The molecule has 0 radical (unpaired) electrons. The van der Waals surface area contributed by atoms with E-state index in [4.69, 9.17) is 16.9 Å². The number of anilines is 1. The number of amides is 1. The Morgan fingerprint density at radius 3 is 2.58 bits per heavy atom. The molecule has 7 nitrogen and oxygen atoms in total. The second kappa shape index (κ2) is 11.9. The third-order valence-corrected chi connectivity index (χ3v) is 6.40. The molecule has 0 unspecified atom stereocenters. The maximum atomic E-state index is 15.7. The monoisotopic (exact) mass is 538 g/mol. The Balaban J connectivity index is 0.00000107. The molecular weight excluding hydrogens is 517 g/mol. The lowest BCUT2D eigenvalue weighted by Gasteiger charge is -2.35. The van der Waals surface area contributed by atoms with Gasteiger partial charge in [-0.2, -0.15) is 5.26 Å². The molecule has 2 aromatic carbocycles. The van der Waals surface area contributed by atoms with E-state index in [9.17, 15) is 13.6 Å². The number of hydrogen-bond donors (Lipinski definition) is 0. The van der Waals surface area contributed by atoms with E-state index in [0.29, 0.717) is 53.7 Å². The molecule has 0 N–H and O–H groups in total. The van der Waals surface area contributed by atoms with Crippen LogP contribution in [-0.2, 0) is 4.79 Å². The van der Waals surface area contributed by atoms with E-state index >= 15 is 4.39 Å². The molecule has 1 aliphatic heterocycles. The number of halogens is 4. The van der Waals surface area contributed by atoms with Gasteiger partial charge < -0.3 is 9.80 Å². The van der Waals surface area contributed by atoms with Gasteiger partial charge in [0, 0.05) is 56.3 Å². The van der Waals surface area contributed by atoms with Gasteiger partial charge in [-0.05, 0) is 17.5 Å². The van der Waals surface area contributed by atoms with Crippen LogP contribution in [0.3, 0.4) is 0 Å². The van der Waals surface area contributed by atoms with Crippen LogP contribution in [0.5, 0.6) is 0 Å². The predicted octanol–water partition coefficient (Wildman–Crippen LogP) is 5.48. The Morgan fingerprint density at radius 1 is 1.13 bits per heavy atom. The van der Waals surface area contributed by atoms with Gasteiger partial charge in [0.05, 0.1) is 16.5 Å². The van der Waals surface area contributed by atoms with Crippen LogP contribution in [-0.4, -0.2) is 58.6 Å². The van der Waals surface area contributed by atoms with Gasteiger partial charge >= 0.3 is 0 Å². The van der Waals surface area contributed by atoms with E-state index in [1.807, 2.05) is 4.90 Å². The molecule has 3 heterocycles. The minimum absolute atomic E-state index is 0.00955. The summed E-state index contributed by atoms with van der Waals surface area (Å²) in [6.07, 6.45) is 5.18. The number of alkyl halides is 1. The van der Waals surface area contributed by atoms with Crippen LogP contribution in [0.4, 0.5) is 19.0 Å². The molecule has 1 amide bonds. The number of pyridine rings is 1. The molecule has 38 heavy (non-hydrogen) atoms. The van der Waals surface area contributed by atoms with E-state index in [-0.39, 0.29) is 22.1 Å². The van der Waals surface area contributed by atoms with E-state index in [2.05, 4.69) is 15.0 Å². The van der Waals surface area contributed by atoms with E-state index < -0.39 is 18.3 Å². The molecule has 194 valence electrons. The molecule has 0 saturated carbocycles. The number of benzene rings is 2. The number of nitriles is 1. The molecule has 1 fully saturated rings. The number of fused-ring (bicyclic) bond motifs is 2. The minimum Gasteiger partial charge on any atom is -0.352 e. The lowest BCUT2D eigenvalue weighted by molar-refractivity contribution is -0.126. The summed E-state index contributed by atoms with van der Waals surface area (Å²) in [6.45, 7) is 2.48. The summed E-state index contributed by atoms with van der Waals surface area (Å²) in [7, 11) is 0. The smallest absolute Gasteiger partial charge is 0.246 e. The van der Waals surface area contributed by atoms with Gasteiger partial charge in [0.2, 0.25) is 5.91 Å². The number of carbonyl (C=O) groups excluding carboxylic acids is 1. The zero-order valence-electron chi connectivity index (χ0n) is 20.3. The highest BCUT2D eigenvalue weighted by molar-refractivity contribution is 6.36. The van der Waals surface area contributed by atoms with Crippen molar-refractivity contribution in [2.45, 2.75) is 6.92 Å².